The number of rotatable bonds is 6. The summed E-state index contributed by atoms with van der Waals surface area (Å²) in [5.41, 5.74) is 0. The van der Waals surface area contributed by atoms with Crippen molar-refractivity contribution in [2.24, 2.45) is 23.7 Å². The van der Waals surface area contributed by atoms with Gasteiger partial charge in [0.25, 0.3) is 0 Å². The summed E-state index contributed by atoms with van der Waals surface area (Å²) in [4.78, 5) is 23.3. The van der Waals surface area contributed by atoms with Crippen molar-refractivity contribution in [3.05, 3.63) is 0 Å². The Morgan fingerprint density at radius 2 is 1.90 bits per heavy atom. The monoisotopic (exact) mass is 296 g/mol. The highest BCUT2D eigenvalue weighted by Gasteiger charge is 2.42. The molecule has 2 aliphatic carbocycles. The normalized spacial score (nSPS) is 31.5. The minimum atomic E-state index is -0.966. The number of hydrogen-bond acceptors (Lipinski definition) is 2. The first-order valence-corrected chi connectivity index (χ1v) is 8.22. The van der Waals surface area contributed by atoms with Crippen molar-refractivity contribution in [2.45, 2.75) is 65.0 Å². The highest BCUT2D eigenvalue weighted by atomic mass is 16.4. The van der Waals surface area contributed by atoms with Gasteiger partial charge in [-0.25, -0.2) is 9.59 Å². The van der Waals surface area contributed by atoms with Crippen molar-refractivity contribution < 1.29 is 14.7 Å². The Morgan fingerprint density at radius 3 is 2.38 bits per heavy atom. The van der Waals surface area contributed by atoms with Crippen LogP contribution in [0.1, 0.15) is 52.9 Å². The van der Waals surface area contributed by atoms with E-state index in [-0.39, 0.29) is 18.0 Å². The maximum atomic E-state index is 12.1. The number of hydrogen-bond donors (Lipinski definition) is 3. The van der Waals surface area contributed by atoms with Gasteiger partial charge in [0.15, 0.2) is 0 Å². The summed E-state index contributed by atoms with van der Waals surface area (Å²) in [6, 6.07) is -1.05. The maximum Gasteiger partial charge on any atom is 0.326 e. The largest absolute Gasteiger partial charge is 0.480 e. The highest BCUT2D eigenvalue weighted by molar-refractivity contribution is 5.82. The summed E-state index contributed by atoms with van der Waals surface area (Å²) in [6.07, 6.45) is 5.87. The summed E-state index contributed by atoms with van der Waals surface area (Å²) >= 11 is 0. The Bertz CT molecular complexity index is 399. The van der Waals surface area contributed by atoms with Gasteiger partial charge in [0, 0.05) is 6.04 Å². The van der Waals surface area contributed by atoms with Crippen LogP contribution >= 0.6 is 0 Å². The average molecular weight is 296 g/mol. The molecule has 120 valence electrons. The smallest absolute Gasteiger partial charge is 0.326 e. The van der Waals surface area contributed by atoms with Crippen LogP contribution in [0.5, 0.6) is 0 Å². The molecule has 21 heavy (non-hydrogen) atoms. The predicted molar refractivity (Wildman–Crippen MR) is 80.9 cm³/mol. The van der Waals surface area contributed by atoms with Crippen LogP contribution in [0.4, 0.5) is 4.79 Å². The van der Waals surface area contributed by atoms with Crippen LogP contribution in [0.15, 0.2) is 0 Å². The van der Waals surface area contributed by atoms with E-state index in [1.165, 1.54) is 25.7 Å². The summed E-state index contributed by atoms with van der Waals surface area (Å²) in [6.45, 7) is 5.82. The number of carboxylic acid groups (broad SMARTS) is 1. The molecular formula is C16H28N2O3. The molecule has 0 radical (unpaired) electrons. The summed E-state index contributed by atoms with van der Waals surface area (Å²) < 4.78 is 0. The van der Waals surface area contributed by atoms with E-state index in [9.17, 15) is 14.7 Å². The zero-order valence-corrected chi connectivity index (χ0v) is 13.3. The minimum Gasteiger partial charge on any atom is -0.480 e. The van der Waals surface area contributed by atoms with Crippen molar-refractivity contribution in [3.63, 3.8) is 0 Å². The lowest BCUT2D eigenvalue weighted by atomic mass is 9.84. The zero-order valence-electron chi connectivity index (χ0n) is 13.3. The number of carboxylic acids is 1. The molecule has 0 heterocycles. The van der Waals surface area contributed by atoms with E-state index in [1.807, 2.05) is 20.8 Å². The van der Waals surface area contributed by atoms with Crippen molar-refractivity contribution in [3.8, 4) is 0 Å². The summed E-state index contributed by atoms with van der Waals surface area (Å²) in [5.74, 6) is 1.11. The molecule has 3 N–H and O–H groups in total. The van der Waals surface area contributed by atoms with Crippen LogP contribution in [0, 0.1) is 23.7 Å². The lowest BCUT2D eigenvalue weighted by Crippen LogP contribution is -2.52. The van der Waals surface area contributed by atoms with Gasteiger partial charge in [0.05, 0.1) is 0 Å². The molecule has 0 aliphatic heterocycles. The highest BCUT2D eigenvalue weighted by Crippen LogP contribution is 2.49. The third-order valence-electron chi connectivity index (χ3n) is 5.56. The number of carbonyl (C=O) groups excluding carboxylic acids is 1. The van der Waals surface area contributed by atoms with Crippen molar-refractivity contribution >= 4 is 12.0 Å². The second-order valence-electron chi connectivity index (χ2n) is 6.95. The average Bonchev–Trinajstić information content (AvgIpc) is 3.06. The van der Waals surface area contributed by atoms with Crippen molar-refractivity contribution in [1.82, 2.24) is 10.6 Å². The van der Waals surface area contributed by atoms with Crippen LogP contribution in [0.2, 0.25) is 0 Å². The van der Waals surface area contributed by atoms with Crippen LogP contribution < -0.4 is 10.6 Å². The Balaban J connectivity index is 1.84. The number of amides is 2. The van der Waals surface area contributed by atoms with E-state index < -0.39 is 12.0 Å². The molecule has 5 heteroatoms. The minimum absolute atomic E-state index is 0.0777. The van der Waals surface area contributed by atoms with Gasteiger partial charge in [-0.1, -0.05) is 26.7 Å². The maximum absolute atomic E-state index is 12.1. The summed E-state index contributed by atoms with van der Waals surface area (Å²) in [7, 11) is 0. The first-order valence-electron chi connectivity index (χ1n) is 8.22. The molecule has 0 aromatic heterocycles. The molecule has 4 unspecified atom stereocenters. The molecule has 5 nitrogen and oxygen atoms in total. The van der Waals surface area contributed by atoms with Gasteiger partial charge in [-0.05, 0) is 49.9 Å². The van der Waals surface area contributed by atoms with Crippen molar-refractivity contribution in [2.75, 3.05) is 0 Å². The molecule has 2 rings (SSSR count). The van der Waals surface area contributed by atoms with E-state index >= 15 is 0 Å². The van der Waals surface area contributed by atoms with E-state index in [4.69, 9.17) is 0 Å². The van der Waals surface area contributed by atoms with Crippen LogP contribution in [0.3, 0.4) is 0 Å². The first kappa shape index (κ1) is 16.1. The Morgan fingerprint density at radius 1 is 1.19 bits per heavy atom. The molecule has 6 atom stereocenters. The lowest BCUT2D eigenvalue weighted by Gasteiger charge is -2.29. The quantitative estimate of drug-likeness (QED) is 0.705. The van der Waals surface area contributed by atoms with Gasteiger partial charge < -0.3 is 15.7 Å². The van der Waals surface area contributed by atoms with Gasteiger partial charge in [-0.15, -0.1) is 0 Å². The van der Waals surface area contributed by atoms with Crippen LogP contribution in [0.25, 0.3) is 0 Å². The Labute approximate surface area is 126 Å². The van der Waals surface area contributed by atoms with Crippen molar-refractivity contribution in [1.29, 1.82) is 0 Å². The number of nitrogens with one attached hydrogen (secondary N) is 2. The molecule has 0 aromatic rings. The number of aliphatic carboxylic acids is 1. The van der Waals surface area contributed by atoms with E-state index in [1.54, 1.807) is 0 Å². The standard InChI is InChI=1S/C16H28N2O3/c1-4-9(2)14(15(19)20)18-16(21)17-10(3)13-8-11-5-6-12(13)7-11/h9-14H,4-8H2,1-3H3,(H,19,20)(H2,17,18,21)/t9-,10?,11?,12?,13?,14-/m0/s1. The molecule has 2 saturated carbocycles. The molecule has 2 amide bonds. The molecule has 0 spiro atoms. The van der Waals surface area contributed by atoms with Gasteiger partial charge in [-0.3, -0.25) is 0 Å². The number of fused-ring (bicyclic) bond motifs is 2. The SMILES string of the molecule is CC[C@H](C)[C@H](NC(=O)NC(C)C1CC2CCC1C2)C(=O)O. The Hall–Kier alpha value is -1.26. The fraction of sp³-hybridized carbons (Fsp3) is 0.875. The molecule has 2 bridgehead atoms. The molecule has 2 fully saturated rings. The van der Waals surface area contributed by atoms with Gasteiger partial charge in [-0.2, -0.15) is 0 Å². The first-order chi connectivity index (χ1) is 9.92. The second-order valence-corrected chi connectivity index (χ2v) is 6.95. The van der Waals surface area contributed by atoms with Gasteiger partial charge in [0.1, 0.15) is 6.04 Å². The molecule has 0 saturated heterocycles. The molecular weight excluding hydrogens is 268 g/mol. The van der Waals surface area contributed by atoms with E-state index in [2.05, 4.69) is 10.6 Å². The zero-order chi connectivity index (χ0) is 15.6. The van der Waals surface area contributed by atoms with E-state index in [0.29, 0.717) is 5.92 Å². The summed E-state index contributed by atoms with van der Waals surface area (Å²) in [5, 5.41) is 14.8. The third-order valence-corrected chi connectivity index (χ3v) is 5.56. The van der Waals surface area contributed by atoms with E-state index in [0.717, 1.165) is 18.3 Å². The lowest BCUT2D eigenvalue weighted by molar-refractivity contribution is -0.140. The van der Waals surface area contributed by atoms with Gasteiger partial charge in [0.2, 0.25) is 0 Å². The molecule has 0 aromatic carbocycles. The van der Waals surface area contributed by atoms with Crippen LogP contribution in [-0.4, -0.2) is 29.2 Å². The fourth-order valence-electron chi connectivity index (χ4n) is 4.09. The second kappa shape index (κ2) is 6.67. The topological polar surface area (TPSA) is 78.4 Å². The number of carbonyl (C=O) groups is 2. The van der Waals surface area contributed by atoms with Gasteiger partial charge >= 0.3 is 12.0 Å². The third kappa shape index (κ3) is 3.69. The predicted octanol–water partition coefficient (Wildman–Crippen LogP) is 2.61. The fourth-order valence-corrected chi connectivity index (χ4v) is 4.09. The Kier molecular flexibility index (Phi) is 5.12. The number of urea groups is 1. The van der Waals surface area contributed by atoms with Crippen LogP contribution in [-0.2, 0) is 4.79 Å². The molecule has 2 aliphatic rings.